The highest BCUT2D eigenvalue weighted by atomic mass is 35.5. The number of carbonyl (C=O) groups is 2. The van der Waals surface area contributed by atoms with Crippen molar-refractivity contribution in [2.75, 3.05) is 17.2 Å². The van der Waals surface area contributed by atoms with Crippen LogP contribution in [0.1, 0.15) is 17.3 Å². The van der Waals surface area contributed by atoms with Gasteiger partial charge in [0.2, 0.25) is 5.91 Å². The average Bonchev–Trinajstić information content (AvgIpc) is 3.14. The summed E-state index contributed by atoms with van der Waals surface area (Å²) in [6, 6.07) is 14.0. The maximum atomic E-state index is 12.3. The molecule has 0 fully saturated rings. The molecule has 0 bridgehead atoms. The van der Waals surface area contributed by atoms with Crippen molar-refractivity contribution >= 4 is 34.7 Å². The van der Waals surface area contributed by atoms with E-state index in [9.17, 15) is 9.59 Å². The molecule has 0 radical (unpaired) electrons. The molecule has 0 aliphatic rings. The molecule has 2 N–H and O–H groups in total. The van der Waals surface area contributed by atoms with E-state index < -0.39 is 0 Å². The van der Waals surface area contributed by atoms with E-state index in [1.165, 1.54) is 6.92 Å². The van der Waals surface area contributed by atoms with E-state index >= 15 is 0 Å². The molecule has 0 aliphatic carbocycles. The van der Waals surface area contributed by atoms with Crippen LogP contribution in [0.2, 0.25) is 5.02 Å². The number of ketones is 1. The Morgan fingerprint density at radius 2 is 1.92 bits per heavy atom. The molecule has 0 spiro atoms. The smallest absolute Gasteiger partial charge is 0.243 e. The number of hydrogen-bond acceptors (Lipinski definition) is 4. The molecule has 0 unspecified atom stereocenters. The highest BCUT2D eigenvalue weighted by Crippen LogP contribution is 2.24. The number of nitrogens with zero attached hydrogens (tertiary/aromatic N) is 2. The summed E-state index contributed by atoms with van der Waals surface area (Å²) in [5, 5.41) is 10.6. The second-order valence-electron chi connectivity index (χ2n) is 5.62. The van der Waals surface area contributed by atoms with Crippen molar-refractivity contribution in [1.82, 2.24) is 9.78 Å². The van der Waals surface area contributed by atoms with Gasteiger partial charge in [-0.2, -0.15) is 5.10 Å². The van der Waals surface area contributed by atoms with Crippen LogP contribution >= 0.6 is 11.6 Å². The summed E-state index contributed by atoms with van der Waals surface area (Å²) in [5.41, 5.74) is 2.42. The van der Waals surface area contributed by atoms with Gasteiger partial charge in [-0.25, -0.2) is 4.68 Å². The van der Waals surface area contributed by atoms with Gasteiger partial charge in [0.1, 0.15) is 0 Å². The minimum atomic E-state index is -0.273. The molecule has 0 atom stereocenters. The lowest BCUT2D eigenvalue weighted by Gasteiger charge is -2.13. The SMILES string of the molecule is CC(=O)c1ccccc1NC(=O)CNc1cc(Cl)ccc1-n1cccn1. The Kier molecular flexibility index (Phi) is 5.34. The van der Waals surface area contributed by atoms with Gasteiger partial charge in [0.05, 0.1) is 23.6 Å². The van der Waals surface area contributed by atoms with Gasteiger partial charge in [-0.05, 0) is 43.3 Å². The zero-order chi connectivity index (χ0) is 18.5. The van der Waals surface area contributed by atoms with Crippen LogP contribution < -0.4 is 10.6 Å². The molecule has 3 rings (SSSR count). The van der Waals surface area contributed by atoms with Crippen LogP contribution in [0.25, 0.3) is 5.69 Å². The third-order valence-corrected chi connectivity index (χ3v) is 3.96. The fraction of sp³-hybridized carbons (Fsp3) is 0.105. The number of para-hydroxylation sites is 1. The first-order valence-electron chi connectivity index (χ1n) is 7.98. The maximum Gasteiger partial charge on any atom is 0.243 e. The predicted molar refractivity (Wildman–Crippen MR) is 102 cm³/mol. The van der Waals surface area contributed by atoms with Crippen LogP contribution in [-0.2, 0) is 4.79 Å². The third-order valence-electron chi connectivity index (χ3n) is 3.73. The van der Waals surface area contributed by atoms with Gasteiger partial charge in [-0.15, -0.1) is 0 Å². The second kappa shape index (κ2) is 7.84. The van der Waals surface area contributed by atoms with Crippen LogP contribution in [0.3, 0.4) is 0 Å². The Balaban J connectivity index is 1.73. The normalized spacial score (nSPS) is 10.4. The van der Waals surface area contributed by atoms with Gasteiger partial charge < -0.3 is 10.6 Å². The third kappa shape index (κ3) is 4.10. The van der Waals surface area contributed by atoms with Crippen LogP contribution in [0, 0.1) is 0 Å². The number of nitrogens with one attached hydrogen (secondary N) is 2. The first kappa shape index (κ1) is 17.7. The molecular formula is C19H17ClN4O2. The number of hydrogen-bond donors (Lipinski definition) is 2. The van der Waals surface area contributed by atoms with Crippen molar-refractivity contribution in [3.8, 4) is 5.69 Å². The molecule has 1 aromatic heterocycles. The number of carbonyl (C=O) groups excluding carboxylic acids is 2. The largest absolute Gasteiger partial charge is 0.374 e. The number of Topliss-reactive ketones (excluding diaryl/α,β-unsaturated/α-hetero) is 1. The Morgan fingerprint density at radius 1 is 1.12 bits per heavy atom. The maximum absolute atomic E-state index is 12.3. The molecule has 26 heavy (non-hydrogen) atoms. The fourth-order valence-corrected chi connectivity index (χ4v) is 2.70. The Morgan fingerprint density at radius 3 is 2.65 bits per heavy atom. The molecule has 1 heterocycles. The molecule has 6 nitrogen and oxygen atoms in total. The van der Waals surface area contributed by atoms with E-state index in [-0.39, 0.29) is 18.2 Å². The number of aromatic nitrogens is 2. The van der Waals surface area contributed by atoms with Crippen molar-refractivity contribution < 1.29 is 9.59 Å². The Bertz CT molecular complexity index is 938. The van der Waals surface area contributed by atoms with Crippen LogP contribution in [-0.4, -0.2) is 28.0 Å². The van der Waals surface area contributed by atoms with Gasteiger partial charge in [0.25, 0.3) is 0 Å². The predicted octanol–water partition coefficient (Wildman–Crippen LogP) is 3.78. The molecule has 0 saturated heterocycles. The molecule has 1 amide bonds. The molecule has 3 aromatic rings. The van der Waals surface area contributed by atoms with Crippen LogP contribution in [0.5, 0.6) is 0 Å². The standard InChI is InChI=1S/C19H17ClN4O2/c1-13(25)15-5-2-3-6-16(15)23-19(26)12-21-17-11-14(20)7-8-18(17)24-10-4-9-22-24/h2-11,21H,12H2,1H3,(H,23,26). The topological polar surface area (TPSA) is 76.0 Å². The summed E-state index contributed by atoms with van der Waals surface area (Å²) < 4.78 is 1.68. The highest BCUT2D eigenvalue weighted by molar-refractivity contribution is 6.31. The lowest BCUT2D eigenvalue weighted by atomic mass is 10.1. The number of amides is 1. The van der Waals surface area contributed by atoms with Gasteiger partial charge in [0, 0.05) is 23.0 Å². The Hall–Kier alpha value is -3.12. The Labute approximate surface area is 155 Å². The molecular weight excluding hydrogens is 352 g/mol. The summed E-state index contributed by atoms with van der Waals surface area (Å²) in [4.78, 5) is 24.0. The molecule has 132 valence electrons. The van der Waals surface area contributed by atoms with E-state index in [4.69, 9.17) is 11.6 Å². The van der Waals surface area contributed by atoms with Gasteiger partial charge in [-0.3, -0.25) is 9.59 Å². The lowest BCUT2D eigenvalue weighted by molar-refractivity contribution is -0.114. The quantitative estimate of drug-likeness (QED) is 0.649. The van der Waals surface area contributed by atoms with Crippen LogP contribution in [0.4, 0.5) is 11.4 Å². The summed E-state index contributed by atoms with van der Waals surface area (Å²) in [6.07, 6.45) is 3.47. The molecule has 7 heteroatoms. The second-order valence-corrected chi connectivity index (χ2v) is 6.05. The summed E-state index contributed by atoms with van der Waals surface area (Å²) in [7, 11) is 0. The highest BCUT2D eigenvalue weighted by Gasteiger charge is 2.11. The number of halogens is 1. The summed E-state index contributed by atoms with van der Waals surface area (Å²) in [5.74, 6) is -0.380. The monoisotopic (exact) mass is 368 g/mol. The van der Waals surface area contributed by atoms with Crippen molar-refractivity contribution in [3.63, 3.8) is 0 Å². The lowest BCUT2D eigenvalue weighted by Crippen LogP contribution is -2.23. The zero-order valence-electron chi connectivity index (χ0n) is 14.1. The minimum absolute atomic E-state index is 0.0147. The minimum Gasteiger partial charge on any atom is -0.374 e. The average molecular weight is 369 g/mol. The molecule has 0 aliphatic heterocycles. The van der Waals surface area contributed by atoms with Gasteiger partial charge >= 0.3 is 0 Å². The zero-order valence-corrected chi connectivity index (χ0v) is 14.8. The van der Waals surface area contributed by atoms with Crippen LogP contribution in [0.15, 0.2) is 60.9 Å². The first-order valence-corrected chi connectivity index (χ1v) is 8.35. The van der Waals surface area contributed by atoms with Gasteiger partial charge in [0.15, 0.2) is 5.78 Å². The van der Waals surface area contributed by atoms with Crippen molar-refractivity contribution in [3.05, 3.63) is 71.5 Å². The van der Waals surface area contributed by atoms with Crippen molar-refractivity contribution in [2.24, 2.45) is 0 Å². The van der Waals surface area contributed by atoms with E-state index in [1.54, 1.807) is 53.5 Å². The number of benzene rings is 2. The molecule has 0 saturated carbocycles. The summed E-state index contributed by atoms with van der Waals surface area (Å²) >= 11 is 6.07. The van der Waals surface area contributed by atoms with E-state index in [1.807, 2.05) is 12.1 Å². The van der Waals surface area contributed by atoms with E-state index in [2.05, 4.69) is 15.7 Å². The van der Waals surface area contributed by atoms with Crippen molar-refractivity contribution in [1.29, 1.82) is 0 Å². The first-order chi connectivity index (χ1) is 12.5. The number of anilines is 2. The van der Waals surface area contributed by atoms with Crippen molar-refractivity contribution in [2.45, 2.75) is 6.92 Å². The molecule has 2 aromatic carbocycles. The summed E-state index contributed by atoms with van der Waals surface area (Å²) in [6.45, 7) is 1.48. The van der Waals surface area contributed by atoms with E-state index in [0.29, 0.717) is 22.0 Å². The number of rotatable bonds is 6. The fourth-order valence-electron chi connectivity index (χ4n) is 2.53. The van der Waals surface area contributed by atoms with Gasteiger partial charge in [-0.1, -0.05) is 23.7 Å². The van der Waals surface area contributed by atoms with E-state index in [0.717, 1.165) is 5.69 Å².